The molecule has 0 aliphatic heterocycles. The molecule has 0 bridgehead atoms. The number of nitrogens with two attached hydrogens (primary N) is 1. The van der Waals surface area contributed by atoms with Crippen molar-refractivity contribution in [1.82, 2.24) is 4.57 Å². The van der Waals surface area contributed by atoms with Crippen LogP contribution in [0.5, 0.6) is 5.75 Å². The van der Waals surface area contributed by atoms with Crippen molar-refractivity contribution in [2.24, 2.45) is 5.73 Å². The number of carbonyl (C=O) groups excluding carboxylic acids is 2. The van der Waals surface area contributed by atoms with Crippen molar-refractivity contribution in [1.29, 1.82) is 0 Å². The number of aromatic nitrogens is 1. The number of hydrogen-bond acceptors (Lipinski definition) is 5. The summed E-state index contributed by atoms with van der Waals surface area (Å²) in [6.07, 6.45) is 0. The first kappa shape index (κ1) is 32.5. The maximum Gasteiger partial charge on any atom is 1.00 e. The van der Waals surface area contributed by atoms with E-state index in [0.717, 1.165) is 22.2 Å². The Kier molecular flexibility index (Phi) is 10.5. The van der Waals surface area contributed by atoms with Crippen molar-refractivity contribution >= 4 is 42.0 Å². The summed E-state index contributed by atoms with van der Waals surface area (Å²) in [6, 6.07) is 19.4. The average molecular weight is 567 g/mol. The fourth-order valence-electron chi connectivity index (χ4n) is 6.46. The van der Waals surface area contributed by atoms with Gasteiger partial charge in [0, 0.05) is 17.5 Å². The van der Waals surface area contributed by atoms with Crippen LogP contribution in [0.25, 0.3) is 21.8 Å². The molecule has 0 aliphatic carbocycles. The van der Waals surface area contributed by atoms with E-state index >= 15 is 0 Å². The Balaban J connectivity index is 0.00000462. The molecule has 0 radical (unpaired) electrons. The van der Waals surface area contributed by atoms with E-state index in [-0.39, 0.29) is 18.9 Å². The molecule has 1 amide bonds. The van der Waals surface area contributed by atoms with E-state index in [4.69, 9.17) is 14.9 Å². The molecule has 0 saturated heterocycles. The zero-order valence-corrected chi connectivity index (χ0v) is 26.2. The minimum atomic E-state index is -2.17. The predicted molar refractivity (Wildman–Crippen MR) is 160 cm³/mol. The molecule has 41 heavy (non-hydrogen) atoms. The number of carboxylic acids is 1. The smallest absolute Gasteiger partial charge is 0.546 e. The summed E-state index contributed by atoms with van der Waals surface area (Å²) < 4.78 is 14.9. The van der Waals surface area contributed by atoms with Gasteiger partial charge in [0.1, 0.15) is 12.4 Å². The molecule has 4 rings (SSSR count). The number of benzene rings is 3. The molecule has 2 N–H and O–H groups in total. The van der Waals surface area contributed by atoms with Crippen molar-refractivity contribution in [3.63, 3.8) is 0 Å². The average Bonchev–Trinajstić information content (AvgIpc) is 3.21. The Morgan fingerprint density at radius 1 is 0.854 bits per heavy atom. The van der Waals surface area contributed by atoms with Crippen LogP contribution in [0.2, 0.25) is 16.6 Å². The monoisotopic (exact) mass is 566 g/mol. The van der Waals surface area contributed by atoms with E-state index in [1.165, 1.54) is 0 Å². The molecular weight excluding hydrogens is 527 g/mol. The van der Waals surface area contributed by atoms with E-state index in [1.807, 2.05) is 48.5 Å². The number of aliphatic carboxylic acids is 1. The Hall–Kier alpha value is -3.03. The van der Waals surface area contributed by atoms with Gasteiger partial charge in [0.25, 0.3) is 0 Å². The molecular formula is C32H39LiN2O5Si. The number of primary amides is 1. The maximum absolute atomic E-state index is 12.5. The minimum Gasteiger partial charge on any atom is -0.546 e. The van der Waals surface area contributed by atoms with Gasteiger partial charge in [0.2, 0.25) is 14.2 Å². The fraction of sp³-hybridized carbons (Fsp3) is 0.375. The number of carbonyl (C=O) groups is 2. The molecule has 0 spiro atoms. The second-order valence-electron chi connectivity index (χ2n) is 11.4. The molecule has 3 aromatic carbocycles. The molecule has 0 saturated carbocycles. The SMILES string of the molecule is CC(C)[Si](OCc1cc(OCC(=O)[O-])c2c3c(C(N)=O)cccc3n(Cc3ccccc3)c2c1)(C(C)C)C(C)C.[Li+]. The van der Waals surface area contributed by atoms with Crippen LogP contribution in [0.15, 0.2) is 60.7 Å². The van der Waals surface area contributed by atoms with E-state index < -0.39 is 26.8 Å². The second-order valence-corrected chi connectivity index (χ2v) is 16.9. The standard InChI is InChI=1S/C32H40N2O5Si.Li/c1-20(2)40(21(3)4,22(5)6)39-18-24-15-27-31(28(16-24)38-19-29(35)36)30-25(32(33)37)13-10-14-26(30)34(27)17-23-11-8-7-9-12-23;/h7-16,20-22H,17-19H2,1-6H3,(H2,33,37)(H,35,36);/q;+1/p-1. The first-order valence-corrected chi connectivity index (χ1v) is 16.0. The van der Waals surface area contributed by atoms with Crippen LogP contribution >= 0.6 is 0 Å². The third-order valence-corrected chi connectivity index (χ3v) is 14.1. The van der Waals surface area contributed by atoms with Gasteiger partial charge in [-0.1, -0.05) is 77.9 Å². The number of hydrogen-bond donors (Lipinski definition) is 1. The molecule has 0 fully saturated rings. The fourth-order valence-corrected chi connectivity index (χ4v) is 11.9. The quantitative estimate of drug-likeness (QED) is 0.266. The van der Waals surface area contributed by atoms with Crippen LogP contribution in [0.4, 0.5) is 0 Å². The molecule has 1 aromatic heterocycles. The number of rotatable bonds is 12. The van der Waals surface area contributed by atoms with Crippen LogP contribution in [0, 0.1) is 0 Å². The van der Waals surface area contributed by atoms with Gasteiger partial charge in [-0.15, -0.1) is 0 Å². The van der Waals surface area contributed by atoms with Crippen LogP contribution in [-0.4, -0.2) is 31.4 Å². The van der Waals surface area contributed by atoms with E-state index in [0.29, 0.717) is 51.9 Å². The topological polar surface area (TPSA) is 107 Å². The number of nitrogens with zero attached hydrogens (tertiary/aromatic N) is 1. The molecule has 4 aromatic rings. The Labute approximate surface area is 255 Å². The van der Waals surface area contributed by atoms with Gasteiger partial charge in [-0.2, -0.15) is 0 Å². The first-order chi connectivity index (χ1) is 19.0. The van der Waals surface area contributed by atoms with Crippen LogP contribution in [-0.2, 0) is 22.4 Å². The summed E-state index contributed by atoms with van der Waals surface area (Å²) in [5.41, 5.74) is 11.0. The van der Waals surface area contributed by atoms with Gasteiger partial charge in [0.05, 0.1) is 29.0 Å². The van der Waals surface area contributed by atoms with E-state index in [2.05, 4.69) is 52.2 Å². The molecule has 0 aliphatic rings. The first-order valence-electron chi connectivity index (χ1n) is 13.9. The number of carboxylic acid groups (broad SMARTS) is 1. The van der Waals surface area contributed by atoms with E-state index in [1.54, 1.807) is 6.07 Å². The number of ether oxygens (including phenoxy) is 1. The molecule has 1 heterocycles. The predicted octanol–water partition coefficient (Wildman–Crippen LogP) is 2.77. The van der Waals surface area contributed by atoms with Crippen molar-refractivity contribution in [3.8, 4) is 5.75 Å². The summed E-state index contributed by atoms with van der Waals surface area (Å²) in [4.78, 5) is 24.0. The largest absolute Gasteiger partial charge is 1.00 e. The maximum atomic E-state index is 12.5. The number of fused-ring (bicyclic) bond motifs is 3. The molecule has 0 unspecified atom stereocenters. The second kappa shape index (κ2) is 13.3. The Morgan fingerprint density at radius 3 is 2.05 bits per heavy atom. The molecule has 9 heteroatoms. The number of amides is 1. The van der Waals surface area contributed by atoms with Crippen LogP contribution in [0.1, 0.15) is 63.0 Å². The van der Waals surface area contributed by atoms with Crippen molar-refractivity contribution in [2.75, 3.05) is 6.61 Å². The Bertz CT molecular complexity index is 1510. The van der Waals surface area contributed by atoms with E-state index in [9.17, 15) is 14.7 Å². The third-order valence-electron chi connectivity index (χ3n) is 8.01. The molecule has 212 valence electrons. The third kappa shape index (κ3) is 6.41. The van der Waals surface area contributed by atoms with Gasteiger partial charge >= 0.3 is 18.9 Å². The van der Waals surface area contributed by atoms with Crippen molar-refractivity contribution < 1.29 is 42.7 Å². The van der Waals surface area contributed by atoms with Gasteiger partial charge < -0.3 is 29.4 Å². The summed E-state index contributed by atoms with van der Waals surface area (Å²) in [6.45, 7) is 13.7. The van der Waals surface area contributed by atoms with Gasteiger partial charge in [0.15, 0.2) is 0 Å². The van der Waals surface area contributed by atoms with Crippen molar-refractivity contribution in [3.05, 3.63) is 77.4 Å². The minimum absolute atomic E-state index is 0. The van der Waals surface area contributed by atoms with Gasteiger partial charge in [-0.05, 0) is 52.0 Å². The summed E-state index contributed by atoms with van der Waals surface area (Å²) >= 11 is 0. The normalized spacial score (nSPS) is 11.9. The summed E-state index contributed by atoms with van der Waals surface area (Å²) in [5, 5.41) is 12.7. The zero-order valence-electron chi connectivity index (χ0n) is 25.2. The summed E-state index contributed by atoms with van der Waals surface area (Å²) in [5.74, 6) is -1.54. The van der Waals surface area contributed by atoms with Crippen molar-refractivity contribution in [2.45, 2.75) is 71.3 Å². The van der Waals surface area contributed by atoms with Gasteiger partial charge in [-0.3, -0.25) is 4.79 Å². The molecule has 7 nitrogen and oxygen atoms in total. The van der Waals surface area contributed by atoms with Gasteiger partial charge in [-0.25, -0.2) is 0 Å². The Morgan fingerprint density at radius 2 is 1.49 bits per heavy atom. The molecule has 0 atom stereocenters. The summed E-state index contributed by atoms with van der Waals surface area (Å²) in [7, 11) is -2.17. The van der Waals surface area contributed by atoms with Crippen LogP contribution < -0.4 is 34.4 Å². The van der Waals surface area contributed by atoms with Crippen LogP contribution in [0.3, 0.4) is 0 Å². The zero-order chi connectivity index (χ0) is 29.2.